The topological polar surface area (TPSA) is 205 Å². The van der Waals surface area contributed by atoms with Gasteiger partial charge in [0.1, 0.15) is 12.2 Å². The van der Waals surface area contributed by atoms with Crippen LogP contribution in [0, 0.1) is 0 Å². The minimum atomic E-state index is -2.81. The third-order valence-electron chi connectivity index (χ3n) is 3.35. The molecule has 6 N–H and O–H groups in total. The average Bonchev–Trinajstić information content (AvgIpc) is 2.46. The molecule has 0 bridgehead atoms. The van der Waals surface area contributed by atoms with Gasteiger partial charge in [-0.15, -0.1) is 0 Å². The molecule has 1 rings (SSSR count). The largest absolute Gasteiger partial charge is 0.477 e. The lowest BCUT2D eigenvalue weighted by Gasteiger charge is -2.44. The van der Waals surface area contributed by atoms with Crippen LogP contribution in [-0.4, -0.2) is 80.2 Å². The average molecular weight is 334 g/mol. The van der Waals surface area contributed by atoms with Gasteiger partial charge in [0.05, 0.1) is 24.8 Å². The summed E-state index contributed by atoms with van der Waals surface area (Å²) in [5, 5.41) is 53.9. The number of nitrogens with zero attached hydrogens (tertiary/aromatic N) is 3. The molecule has 0 saturated carbocycles. The minimum Gasteiger partial charge on any atom is -0.477 e. The first kappa shape index (κ1) is 19.1. The monoisotopic (exact) mass is 334 g/mol. The molecule has 1 amide bonds. The zero-order valence-corrected chi connectivity index (χ0v) is 12.1. The maximum absolute atomic E-state index is 11.2. The predicted molar refractivity (Wildman–Crippen MR) is 71.7 cm³/mol. The highest BCUT2D eigenvalue weighted by molar-refractivity contribution is 5.76. The number of nitrogens with one attached hydrogen (secondary N) is 1. The predicted octanol–water partition coefficient (Wildman–Crippen LogP) is -2.55. The highest BCUT2D eigenvalue weighted by atomic mass is 16.7. The van der Waals surface area contributed by atoms with Crippen molar-refractivity contribution < 1.29 is 39.9 Å². The number of carbonyl (C=O) groups is 2. The highest BCUT2D eigenvalue weighted by Gasteiger charge is 2.53. The number of carboxylic acids is 1. The number of amides is 1. The van der Waals surface area contributed by atoms with Gasteiger partial charge in [0.25, 0.3) is 5.79 Å². The summed E-state index contributed by atoms with van der Waals surface area (Å²) in [6, 6.07) is -1.29. The maximum Gasteiger partial charge on any atom is 0.364 e. The lowest BCUT2D eigenvalue weighted by Crippen LogP contribution is -2.67. The van der Waals surface area contributed by atoms with Crippen molar-refractivity contribution in [2.24, 2.45) is 5.11 Å². The number of rotatable bonds is 6. The molecule has 130 valence electrons. The SMILES string of the molecule is CC(=O)N[C@H]1[C@H]([C@H](O)[C@H](O)CN=[N+]=[N-])OC(O)(C(=O)O)C[C@@H]1O. The zero-order chi connectivity index (χ0) is 17.8. The van der Waals surface area contributed by atoms with Gasteiger partial charge in [0.2, 0.25) is 5.91 Å². The van der Waals surface area contributed by atoms with Crippen LogP contribution in [0.1, 0.15) is 13.3 Å². The van der Waals surface area contributed by atoms with E-state index in [0.29, 0.717) is 0 Å². The van der Waals surface area contributed by atoms with Crippen LogP contribution in [0.25, 0.3) is 10.4 Å². The van der Waals surface area contributed by atoms with E-state index in [1.54, 1.807) is 0 Å². The van der Waals surface area contributed by atoms with Gasteiger partial charge in [-0.2, -0.15) is 0 Å². The number of carbonyl (C=O) groups excluding carboxylic acids is 1. The Bertz CT molecular complexity index is 510. The van der Waals surface area contributed by atoms with Crippen LogP contribution in [0.15, 0.2) is 5.11 Å². The van der Waals surface area contributed by atoms with E-state index in [9.17, 15) is 30.0 Å². The minimum absolute atomic E-state index is 0.564. The number of azide groups is 1. The van der Waals surface area contributed by atoms with E-state index < -0.39 is 61.1 Å². The first-order chi connectivity index (χ1) is 10.6. The molecule has 0 aromatic rings. The van der Waals surface area contributed by atoms with Crippen LogP contribution in [0.4, 0.5) is 0 Å². The molecule has 0 radical (unpaired) electrons. The fourth-order valence-corrected chi connectivity index (χ4v) is 2.26. The molecule has 0 aromatic heterocycles. The second-order valence-corrected chi connectivity index (χ2v) is 5.14. The van der Waals surface area contributed by atoms with Gasteiger partial charge in [0.15, 0.2) is 0 Å². The quantitative estimate of drug-likeness (QED) is 0.173. The normalized spacial score (nSPS) is 33.2. The molecule has 0 spiro atoms. The molecule has 1 aliphatic rings. The smallest absolute Gasteiger partial charge is 0.364 e. The molecule has 1 saturated heterocycles. The van der Waals surface area contributed by atoms with Crippen molar-refractivity contribution in [1.29, 1.82) is 0 Å². The molecule has 0 aliphatic carbocycles. The fourth-order valence-electron chi connectivity index (χ4n) is 2.26. The number of aliphatic hydroxyl groups is 4. The standard InChI is InChI=1S/C11H18N4O8/c1-4(16)14-7-5(17)2-11(22,10(20)21)23-9(7)8(19)6(18)3-13-15-12/h5-9,17-19,22H,2-3H2,1H3,(H,14,16)(H,20,21)/t5-,6+,7+,8+,9+,11?/m0/s1. The number of hydrogen-bond donors (Lipinski definition) is 6. The summed E-state index contributed by atoms with van der Waals surface area (Å²) in [5.41, 5.74) is 8.20. The van der Waals surface area contributed by atoms with Gasteiger partial charge in [-0.1, -0.05) is 5.11 Å². The molecule has 1 unspecified atom stereocenters. The Hall–Kier alpha value is -1.95. The molecule has 1 aliphatic heterocycles. The zero-order valence-electron chi connectivity index (χ0n) is 12.1. The van der Waals surface area contributed by atoms with E-state index >= 15 is 0 Å². The summed E-state index contributed by atoms with van der Waals surface area (Å²) in [6.45, 7) is 0.552. The van der Waals surface area contributed by atoms with E-state index in [4.69, 9.17) is 15.4 Å². The third kappa shape index (κ3) is 4.51. The van der Waals surface area contributed by atoms with E-state index in [1.807, 2.05) is 0 Å². The number of ether oxygens (including phenoxy) is 1. The van der Waals surface area contributed by atoms with Gasteiger partial charge >= 0.3 is 5.97 Å². The number of carboxylic acid groups (broad SMARTS) is 1. The van der Waals surface area contributed by atoms with E-state index in [2.05, 4.69) is 15.3 Å². The fraction of sp³-hybridized carbons (Fsp3) is 0.818. The third-order valence-corrected chi connectivity index (χ3v) is 3.35. The van der Waals surface area contributed by atoms with Crippen molar-refractivity contribution in [2.45, 2.75) is 49.6 Å². The Labute approximate surface area is 129 Å². The maximum atomic E-state index is 11.2. The lowest BCUT2D eigenvalue weighted by atomic mass is 9.88. The summed E-state index contributed by atoms with van der Waals surface area (Å²) in [7, 11) is 0. The summed E-state index contributed by atoms with van der Waals surface area (Å²) in [5.74, 6) is -5.22. The highest BCUT2D eigenvalue weighted by Crippen LogP contribution is 2.30. The number of aliphatic hydroxyl groups excluding tert-OH is 3. The first-order valence-corrected chi connectivity index (χ1v) is 6.58. The van der Waals surface area contributed by atoms with Crippen LogP contribution in [-0.2, 0) is 14.3 Å². The van der Waals surface area contributed by atoms with Crippen LogP contribution < -0.4 is 5.32 Å². The molecular formula is C11H18N4O8. The second kappa shape index (κ2) is 7.55. The van der Waals surface area contributed by atoms with Gasteiger partial charge in [-0.3, -0.25) is 4.79 Å². The number of aliphatic carboxylic acids is 1. The molecule has 1 heterocycles. The Morgan fingerprint density at radius 1 is 1.52 bits per heavy atom. The lowest BCUT2D eigenvalue weighted by molar-refractivity contribution is -0.294. The molecule has 23 heavy (non-hydrogen) atoms. The van der Waals surface area contributed by atoms with Crippen LogP contribution in [0.5, 0.6) is 0 Å². The summed E-state index contributed by atoms with van der Waals surface area (Å²) >= 11 is 0. The van der Waals surface area contributed by atoms with Crippen molar-refractivity contribution in [3.63, 3.8) is 0 Å². The van der Waals surface area contributed by atoms with Crippen LogP contribution in [0.2, 0.25) is 0 Å². The van der Waals surface area contributed by atoms with Gasteiger partial charge in [-0.25, -0.2) is 4.79 Å². The van der Waals surface area contributed by atoms with E-state index in [0.717, 1.165) is 6.92 Å². The Morgan fingerprint density at radius 3 is 2.61 bits per heavy atom. The van der Waals surface area contributed by atoms with Crippen molar-refractivity contribution in [3.05, 3.63) is 10.4 Å². The first-order valence-electron chi connectivity index (χ1n) is 6.58. The van der Waals surface area contributed by atoms with Crippen LogP contribution in [0.3, 0.4) is 0 Å². The summed E-state index contributed by atoms with van der Waals surface area (Å²) < 4.78 is 4.92. The van der Waals surface area contributed by atoms with Crippen molar-refractivity contribution >= 4 is 11.9 Å². The molecular weight excluding hydrogens is 316 g/mol. The second-order valence-electron chi connectivity index (χ2n) is 5.14. The Morgan fingerprint density at radius 2 is 2.13 bits per heavy atom. The van der Waals surface area contributed by atoms with Crippen molar-refractivity contribution in [1.82, 2.24) is 5.32 Å². The molecule has 12 heteroatoms. The molecule has 12 nitrogen and oxygen atoms in total. The van der Waals surface area contributed by atoms with Gasteiger partial charge < -0.3 is 35.6 Å². The van der Waals surface area contributed by atoms with Gasteiger partial charge in [0, 0.05) is 18.3 Å². The summed E-state index contributed by atoms with van der Waals surface area (Å²) in [4.78, 5) is 24.7. The Kier molecular flexibility index (Phi) is 6.27. The van der Waals surface area contributed by atoms with Crippen molar-refractivity contribution in [2.75, 3.05) is 6.54 Å². The summed E-state index contributed by atoms with van der Waals surface area (Å²) in [6.07, 6.45) is -7.51. The van der Waals surface area contributed by atoms with E-state index in [1.165, 1.54) is 0 Å². The van der Waals surface area contributed by atoms with Crippen molar-refractivity contribution in [3.8, 4) is 0 Å². The Balaban J connectivity index is 3.08. The molecule has 6 atom stereocenters. The van der Waals surface area contributed by atoms with Crippen LogP contribution >= 0.6 is 0 Å². The van der Waals surface area contributed by atoms with E-state index in [-0.39, 0.29) is 0 Å². The molecule has 0 aromatic carbocycles. The van der Waals surface area contributed by atoms with Gasteiger partial charge in [-0.05, 0) is 5.53 Å². The number of hydrogen-bond acceptors (Lipinski definition) is 8. The molecule has 1 fully saturated rings.